The first-order valence-corrected chi connectivity index (χ1v) is 4.76. The Morgan fingerprint density at radius 2 is 1.75 bits per heavy atom. The average molecular weight is 168 g/mol. The first kappa shape index (κ1) is 8.27. The van der Waals surface area contributed by atoms with E-state index in [2.05, 4.69) is 19.1 Å². The maximum absolute atomic E-state index is 5.51. The van der Waals surface area contributed by atoms with E-state index < -0.39 is 0 Å². The standard InChI is InChI=1S/C10H16O2/c1-8-4-2-3-5-9(8)10-11-6-7-12-10/h2-3,8-10H,4-7H2,1H3/t8-,9+/m1/s1. The van der Waals surface area contributed by atoms with E-state index in [4.69, 9.17) is 9.47 Å². The van der Waals surface area contributed by atoms with Crippen molar-refractivity contribution in [3.63, 3.8) is 0 Å². The van der Waals surface area contributed by atoms with E-state index in [9.17, 15) is 0 Å². The minimum atomic E-state index is 0.0740. The van der Waals surface area contributed by atoms with Crippen LogP contribution in [-0.4, -0.2) is 19.5 Å². The predicted octanol–water partition coefficient (Wildman–Crippen LogP) is 1.96. The van der Waals surface area contributed by atoms with Gasteiger partial charge in [0.25, 0.3) is 0 Å². The molecule has 2 heteroatoms. The molecule has 1 fully saturated rings. The Bertz CT molecular complexity index is 171. The van der Waals surface area contributed by atoms with Crippen molar-refractivity contribution in [2.45, 2.75) is 26.1 Å². The van der Waals surface area contributed by atoms with E-state index in [1.54, 1.807) is 0 Å². The van der Waals surface area contributed by atoms with Crippen molar-refractivity contribution in [3.8, 4) is 0 Å². The second-order valence-corrected chi connectivity index (χ2v) is 3.69. The van der Waals surface area contributed by atoms with E-state index in [1.807, 2.05) is 0 Å². The minimum Gasteiger partial charge on any atom is -0.350 e. The lowest BCUT2D eigenvalue weighted by Crippen LogP contribution is -2.28. The van der Waals surface area contributed by atoms with Crippen LogP contribution in [-0.2, 0) is 9.47 Å². The van der Waals surface area contributed by atoms with E-state index in [0.29, 0.717) is 11.8 Å². The molecule has 12 heavy (non-hydrogen) atoms. The molecule has 2 aliphatic rings. The molecule has 0 N–H and O–H groups in total. The lowest BCUT2D eigenvalue weighted by atomic mass is 9.84. The maximum Gasteiger partial charge on any atom is 0.161 e. The van der Waals surface area contributed by atoms with Gasteiger partial charge in [-0.25, -0.2) is 0 Å². The number of allylic oxidation sites excluding steroid dienone is 2. The summed E-state index contributed by atoms with van der Waals surface area (Å²) < 4.78 is 11.0. The highest BCUT2D eigenvalue weighted by Crippen LogP contribution is 2.31. The van der Waals surface area contributed by atoms with Crippen LogP contribution in [0.4, 0.5) is 0 Å². The summed E-state index contributed by atoms with van der Waals surface area (Å²) in [5.74, 6) is 1.29. The van der Waals surface area contributed by atoms with Gasteiger partial charge in [0.2, 0.25) is 0 Å². The summed E-state index contributed by atoms with van der Waals surface area (Å²) in [7, 11) is 0. The van der Waals surface area contributed by atoms with Crippen LogP contribution in [0.1, 0.15) is 19.8 Å². The highest BCUT2D eigenvalue weighted by molar-refractivity contribution is 4.94. The quantitative estimate of drug-likeness (QED) is 0.557. The molecule has 1 heterocycles. The molecular formula is C10H16O2. The second-order valence-electron chi connectivity index (χ2n) is 3.69. The normalized spacial score (nSPS) is 37.4. The van der Waals surface area contributed by atoms with Crippen molar-refractivity contribution >= 4 is 0 Å². The Morgan fingerprint density at radius 3 is 2.42 bits per heavy atom. The molecule has 0 amide bonds. The number of hydrogen-bond acceptors (Lipinski definition) is 2. The monoisotopic (exact) mass is 168 g/mol. The summed E-state index contributed by atoms with van der Waals surface area (Å²) in [5.41, 5.74) is 0. The van der Waals surface area contributed by atoms with Crippen molar-refractivity contribution in [1.29, 1.82) is 0 Å². The molecule has 2 atom stereocenters. The molecule has 0 aromatic heterocycles. The molecule has 68 valence electrons. The number of hydrogen-bond donors (Lipinski definition) is 0. The van der Waals surface area contributed by atoms with Gasteiger partial charge in [0.1, 0.15) is 0 Å². The molecular weight excluding hydrogens is 152 g/mol. The third kappa shape index (κ3) is 1.54. The molecule has 1 saturated heterocycles. The molecule has 2 nitrogen and oxygen atoms in total. The third-order valence-electron chi connectivity index (χ3n) is 2.81. The average Bonchev–Trinajstić information content (AvgIpc) is 2.57. The molecule has 1 aliphatic carbocycles. The zero-order valence-corrected chi connectivity index (χ0v) is 7.53. The Labute approximate surface area is 73.5 Å². The van der Waals surface area contributed by atoms with E-state index in [1.165, 1.54) is 6.42 Å². The fraction of sp³-hybridized carbons (Fsp3) is 0.800. The Hall–Kier alpha value is -0.340. The maximum atomic E-state index is 5.51. The molecule has 0 saturated carbocycles. The van der Waals surface area contributed by atoms with Crippen LogP contribution < -0.4 is 0 Å². The van der Waals surface area contributed by atoms with E-state index >= 15 is 0 Å². The van der Waals surface area contributed by atoms with E-state index in [0.717, 1.165) is 19.6 Å². The molecule has 0 bridgehead atoms. The lowest BCUT2D eigenvalue weighted by Gasteiger charge is -2.28. The number of ether oxygens (including phenoxy) is 2. The lowest BCUT2D eigenvalue weighted by molar-refractivity contribution is -0.0975. The second kappa shape index (κ2) is 3.58. The van der Waals surface area contributed by atoms with Gasteiger partial charge in [0.15, 0.2) is 6.29 Å². The SMILES string of the molecule is C[C@@H]1CC=CC[C@@H]1C1OCCO1. The fourth-order valence-corrected chi connectivity index (χ4v) is 1.97. The Morgan fingerprint density at radius 1 is 1.08 bits per heavy atom. The van der Waals surface area contributed by atoms with Crippen molar-refractivity contribution in [3.05, 3.63) is 12.2 Å². The smallest absolute Gasteiger partial charge is 0.161 e. The zero-order chi connectivity index (χ0) is 8.39. The fourth-order valence-electron chi connectivity index (χ4n) is 1.97. The molecule has 0 aromatic rings. The number of rotatable bonds is 1. The molecule has 0 radical (unpaired) electrons. The van der Waals surface area contributed by atoms with Crippen LogP contribution in [0, 0.1) is 11.8 Å². The van der Waals surface area contributed by atoms with Crippen LogP contribution in [0.15, 0.2) is 12.2 Å². The van der Waals surface area contributed by atoms with Gasteiger partial charge < -0.3 is 9.47 Å². The van der Waals surface area contributed by atoms with Crippen LogP contribution in [0.25, 0.3) is 0 Å². The van der Waals surface area contributed by atoms with Crippen molar-refractivity contribution in [1.82, 2.24) is 0 Å². The van der Waals surface area contributed by atoms with Crippen LogP contribution in [0.2, 0.25) is 0 Å². The molecule has 0 unspecified atom stereocenters. The Balaban J connectivity index is 1.96. The van der Waals surface area contributed by atoms with Gasteiger partial charge in [0, 0.05) is 5.92 Å². The van der Waals surface area contributed by atoms with Crippen molar-refractivity contribution in [2.75, 3.05) is 13.2 Å². The van der Waals surface area contributed by atoms with Gasteiger partial charge in [0.05, 0.1) is 13.2 Å². The first-order valence-electron chi connectivity index (χ1n) is 4.76. The van der Waals surface area contributed by atoms with Gasteiger partial charge in [-0.1, -0.05) is 19.1 Å². The summed E-state index contributed by atoms with van der Waals surface area (Å²) >= 11 is 0. The minimum absolute atomic E-state index is 0.0740. The topological polar surface area (TPSA) is 18.5 Å². The van der Waals surface area contributed by atoms with Crippen LogP contribution in [0.5, 0.6) is 0 Å². The van der Waals surface area contributed by atoms with Crippen LogP contribution >= 0.6 is 0 Å². The highest BCUT2D eigenvalue weighted by Gasteiger charge is 2.31. The highest BCUT2D eigenvalue weighted by atomic mass is 16.7. The van der Waals surface area contributed by atoms with Gasteiger partial charge >= 0.3 is 0 Å². The van der Waals surface area contributed by atoms with Gasteiger partial charge in [-0.3, -0.25) is 0 Å². The zero-order valence-electron chi connectivity index (χ0n) is 7.53. The first-order chi connectivity index (χ1) is 5.88. The molecule has 0 spiro atoms. The van der Waals surface area contributed by atoms with Crippen molar-refractivity contribution in [2.24, 2.45) is 11.8 Å². The summed E-state index contributed by atoms with van der Waals surface area (Å²) in [6.07, 6.45) is 6.87. The van der Waals surface area contributed by atoms with Crippen LogP contribution in [0.3, 0.4) is 0 Å². The van der Waals surface area contributed by atoms with Gasteiger partial charge in [-0.05, 0) is 18.8 Å². The van der Waals surface area contributed by atoms with Gasteiger partial charge in [-0.15, -0.1) is 0 Å². The molecule has 0 aromatic carbocycles. The third-order valence-corrected chi connectivity index (χ3v) is 2.81. The van der Waals surface area contributed by atoms with Gasteiger partial charge in [-0.2, -0.15) is 0 Å². The molecule has 2 rings (SSSR count). The summed E-state index contributed by atoms with van der Waals surface area (Å²) in [6, 6.07) is 0. The van der Waals surface area contributed by atoms with Crippen molar-refractivity contribution < 1.29 is 9.47 Å². The predicted molar refractivity (Wildman–Crippen MR) is 46.7 cm³/mol. The van der Waals surface area contributed by atoms with E-state index in [-0.39, 0.29) is 6.29 Å². The molecule has 1 aliphatic heterocycles. The largest absolute Gasteiger partial charge is 0.350 e. The summed E-state index contributed by atoms with van der Waals surface area (Å²) in [4.78, 5) is 0. The summed E-state index contributed by atoms with van der Waals surface area (Å²) in [5, 5.41) is 0. The Kier molecular flexibility index (Phi) is 2.47. The summed E-state index contributed by atoms with van der Waals surface area (Å²) in [6.45, 7) is 3.83.